The maximum atomic E-state index is 10.1. The Morgan fingerprint density at radius 3 is 2.64 bits per heavy atom. The van der Waals surface area contributed by atoms with E-state index in [2.05, 4.69) is 0 Å². The lowest BCUT2D eigenvalue weighted by Crippen LogP contribution is -2.13. The number of aliphatic carboxylic acids is 1. The summed E-state index contributed by atoms with van der Waals surface area (Å²) in [4.78, 5) is 10.1. The Bertz CT molecular complexity index is 157. The minimum absolute atomic E-state index is 0.403. The van der Waals surface area contributed by atoms with E-state index in [1.807, 2.05) is 0 Å². The molecule has 0 bridgehead atoms. The molecule has 62 valence electrons. The maximum Gasteiger partial charge on any atom is 0.327 e. The van der Waals surface area contributed by atoms with E-state index in [0.29, 0.717) is 5.92 Å². The summed E-state index contributed by atoms with van der Waals surface area (Å²) in [5.41, 5.74) is 0. The number of carbonyl (C=O) groups is 1. The zero-order valence-electron chi connectivity index (χ0n) is 6.32. The zero-order chi connectivity index (χ0) is 8.10. The molecule has 1 rings (SSSR count). The van der Waals surface area contributed by atoms with Crippen molar-refractivity contribution in [3.8, 4) is 0 Å². The van der Waals surface area contributed by atoms with Gasteiger partial charge in [-0.15, -0.1) is 0 Å². The SMILES string of the molecule is O=C(O)/C=C/C1CCOCC1. The van der Waals surface area contributed by atoms with Gasteiger partial charge in [-0.25, -0.2) is 4.79 Å². The third kappa shape index (κ3) is 3.18. The van der Waals surface area contributed by atoms with Gasteiger partial charge in [0, 0.05) is 19.3 Å². The zero-order valence-corrected chi connectivity index (χ0v) is 6.32. The molecule has 0 amide bonds. The van der Waals surface area contributed by atoms with Gasteiger partial charge in [-0.1, -0.05) is 6.08 Å². The van der Waals surface area contributed by atoms with Crippen LogP contribution in [0.1, 0.15) is 12.8 Å². The van der Waals surface area contributed by atoms with Crippen molar-refractivity contribution in [1.29, 1.82) is 0 Å². The molecule has 1 N–H and O–H groups in total. The highest BCUT2D eigenvalue weighted by molar-refractivity contribution is 5.79. The number of carboxylic acid groups (broad SMARTS) is 1. The van der Waals surface area contributed by atoms with Gasteiger partial charge in [-0.05, 0) is 18.8 Å². The van der Waals surface area contributed by atoms with Gasteiger partial charge < -0.3 is 9.84 Å². The second-order valence-electron chi connectivity index (χ2n) is 2.65. The normalized spacial score (nSPS) is 20.7. The topological polar surface area (TPSA) is 46.5 Å². The van der Waals surface area contributed by atoms with Crippen LogP contribution in [0.2, 0.25) is 0 Å². The van der Waals surface area contributed by atoms with E-state index in [-0.39, 0.29) is 0 Å². The number of hydrogen-bond donors (Lipinski definition) is 1. The quantitative estimate of drug-likeness (QED) is 0.608. The van der Waals surface area contributed by atoms with Crippen molar-refractivity contribution in [3.05, 3.63) is 12.2 Å². The third-order valence-corrected chi connectivity index (χ3v) is 1.78. The highest BCUT2D eigenvalue weighted by Crippen LogP contribution is 2.15. The second-order valence-corrected chi connectivity index (χ2v) is 2.65. The van der Waals surface area contributed by atoms with E-state index < -0.39 is 5.97 Å². The highest BCUT2D eigenvalue weighted by atomic mass is 16.5. The fourth-order valence-corrected chi connectivity index (χ4v) is 1.13. The lowest BCUT2D eigenvalue weighted by Gasteiger charge is -2.18. The fourth-order valence-electron chi connectivity index (χ4n) is 1.13. The highest BCUT2D eigenvalue weighted by Gasteiger charge is 2.10. The fraction of sp³-hybridized carbons (Fsp3) is 0.625. The molecule has 0 spiro atoms. The molecule has 0 atom stereocenters. The predicted molar refractivity (Wildman–Crippen MR) is 40.3 cm³/mol. The summed E-state index contributed by atoms with van der Waals surface area (Å²) in [5.74, 6) is -0.462. The van der Waals surface area contributed by atoms with Crippen LogP contribution in [-0.2, 0) is 9.53 Å². The van der Waals surface area contributed by atoms with Gasteiger partial charge in [0.15, 0.2) is 0 Å². The van der Waals surface area contributed by atoms with Crippen molar-refractivity contribution in [1.82, 2.24) is 0 Å². The van der Waals surface area contributed by atoms with Crippen LogP contribution in [0.4, 0.5) is 0 Å². The van der Waals surface area contributed by atoms with Crippen molar-refractivity contribution in [3.63, 3.8) is 0 Å². The Hall–Kier alpha value is -0.830. The molecule has 0 aromatic rings. The first-order valence-electron chi connectivity index (χ1n) is 3.78. The Kier molecular flexibility index (Phi) is 3.11. The van der Waals surface area contributed by atoms with E-state index in [1.54, 1.807) is 6.08 Å². The smallest absolute Gasteiger partial charge is 0.327 e. The number of ether oxygens (including phenoxy) is 1. The van der Waals surface area contributed by atoms with Crippen molar-refractivity contribution in [2.75, 3.05) is 13.2 Å². The molecule has 0 aromatic carbocycles. The van der Waals surface area contributed by atoms with Crippen molar-refractivity contribution in [2.24, 2.45) is 5.92 Å². The largest absolute Gasteiger partial charge is 0.478 e. The molecule has 11 heavy (non-hydrogen) atoms. The second kappa shape index (κ2) is 4.13. The number of rotatable bonds is 2. The number of hydrogen-bond acceptors (Lipinski definition) is 2. The van der Waals surface area contributed by atoms with Gasteiger partial charge in [0.2, 0.25) is 0 Å². The molecule has 1 saturated heterocycles. The van der Waals surface area contributed by atoms with Crippen molar-refractivity contribution >= 4 is 5.97 Å². The van der Waals surface area contributed by atoms with E-state index >= 15 is 0 Å². The monoisotopic (exact) mass is 156 g/mol. The summed E-state index contributed by atoms with van der Waals surface area (Å²) < 4.78 is 5.13. The summed E-state index contributed by atoms with van der Waals surface area (Å²) in [6.45, 7) is 1.52. The Balaban J connectivity index is 2.29. The molecule has 1 heterocycles. The van der Waals surface area contributed by atoms with Gasteiger partial charge in [0.25, 0.3) is 0 Å². The summed E-state index contributed by atoms with van der Waals surface area (Å²) in [6, 6.07) is 0. The lowest BCUT2D eigenvalue weighted by atomic mass is 10.00. The van der Waals surface area contributed by atoms with Crippen LogP contribution in [0.3, 0.4) is 0 Å². The molecular formula is C8H12O3. The van der Waals surface area contributed by atoms with E-state index in [9.17, 15) is 4.79 Å². The standard InChI is InChI=1S/C8H12O3/c9-8(10)2-1-7-3-5-11-6-4-7/h1-2,7H,3-6H2,(H,9,10)/b2-1+. The van der Waals surface area contributed by atoms with Gasteiger partial charge in [-0.3, -0.25) is 0 Å². The van der Waals surface area contributed by atoms with Gasteiger partial charge >= 0.3 is 5.97 Å². The Morgan fingerprint density at radius 2 is 2.09 bits per heavy atom. The van der Waals surface area contributed by atoms with Crippen LogP contribution in [0, 0.1) is 5.92 Å². The number of allylic oxidation sites excluding steroid dienone is 1. The minimum atomic E-state index is -0.864. The third-order valence-electron chi connectivity index (χ3n) is 1.78. The average molecular weight is 156 g/mol. The lowest BCUT2D eigenvalue weighted by molar-refractivity contribution is -0.131. The summed E-state index contributed by atoms with van der Waals surface area (Å²) in [6.07, 6.45) is 4.87. The molecule has 1 aliphatic heterocycles. The molecule has 1 fully saturated rings. The number of carboxylic acids is 1. The summed E-state index contributed by atoms with van der Waals surface area (Å²) in [5, 5.41) is 8.33. The van der Waals surface area contributed by atoms with E-state index in [0.717, 1.165) is 26.1 Å². The van der Waals surface area contributed by atoms with Crippen LogP contribution in [0.5, 0.6) is 0 Å². The molecule has 0 aliphatic carbocycles. The van der Waals surface area contributed by atoms with Crippen LogP contribution in [-0.4, -0.2) is 24.3 Å². The van der Waals surface area contributed by atoms with Crippen molar-refractivity contribution < 1.29 is 14.6 Å². The molecule has 0 saturated carbocycles. The molecule has 3 nitrogen and oxygen atoms in total. The minimum Gasteiger partial charge on any atom is -0.478 e. The van der Waals surface area contributed by atoms with Crippen LogP contribution >= 0.6 is 0 Å². The van der Waals surface area contributed by atoms with Crippen LogP contribution < -0.4 is 0 Å². The molecule has 0 unspecified atom stereocenters. The Labute approximate surface area is 65.7 Å². The van der Waals surface area contributed by atoms with Crippen LogP contribution in [0.25, 0.3) is 0 Å². The first kappa shape index (κ1) is 8.27. The average Bonchev–Trinajstić information content (AvgIpc) is 2.03. The van der Waals surface area contributed by atoms with Crippen LogP contribution in [0.15, 0.2) is 12.2 Å². The van der Waals surface area contributed by atoms with Gasteiger partial charge in [0.1, 0.15) is 0 Å². The first-order valence-corrected chi connectivity index (χ1v) is 3.78. The first-order chi connectivity index (χ1) is 5.29. The molecule has 1 aliphatic rings. The molecular weight excluding hydrogens is 144 g/mol. The molecule has 3 heteroatoms. The van der Waals surface area contributed by atoms with E-state index in [4.69, 9.17) is 9.84 Å². The van der Waals surface area contributed by atoms with Gasteiger partial charge in [-0.2, -0.15) is 0 Å². The maximum absolute atomic E-state index is 10.1. The van der Waals surface area contributed by atoms with Crippen molar-refractivity contribution in [2.45, 2.75) is 12.8 Å². The van der Waals surface area contributed by atoms with Gasteiger partial charge in [0.05, 0.1) is 0 Å². The summed E-state index contributed by atoms with van der Waals surface area (Å²) in [7, 11) is 0. The molecule has 0 aromatic heterocycles. The predicted octanol–water partition coefficient (Wildman–Crippen LogP) is 1.05. The van der Waals surface area contributed by atoms with E-state index in [1.165, 1.54) is 6.08 Å². The molecule has 0 radical (unpaired) electrons. The Morgan fingerprint density at radius 1 is 1.45 bits per heavy atom. The summed E-state index contributed by atoms with van der Waals surface area (Å²) >= 11 is 0.